The Labute approximate surface area is 149 Å². The van der Waals surface area contributed by atoms with Gasteiger partial charge < -0.3 is 15.2 Å². The second-order valence-corrected chi connectivity index (χ2v) is 6.08. The van der Waals surface area contributed by atoms with Crippen LogP contribution in [-0.2, 0) is 4.74 Å². The van der Waals surface area contributed by atoms with Crippen LogP contribution in [0.2, 0.25) is 0 Å². The average molecular weight is 341 g/mol. The summed E-state index contributed by atoms with van der Waals surface area (Å²) >= 11 is 0. The lowest BCUT2D eigenvalue weighted by Gasteiger charge is -2.20. The zero-order valence-corrected chi connectivity index (χ0v) is 14.7. The van der Waals surface area contributed by atoms with Gasteiger partial charge in [0.15, 0.2) is 5.78 Å². The molecule has 0 bridgehead atoms. The molecule has 0 amide bonds. The molecule has 0 aliphatic carbocycles. The molecule has 2 aromatic carbocycles. The number of rotatable bonds is 11. The fourth-order valence-electron chi connectivity index (χ4n) is 2.58. The molecule has 0 aliphatic heterocycles. The van der Waals surface area contributed by atoms with Crippen LogP contribution in [0.5, 0.6) is 0 Å². The maximum atomic E-state index is 12.5. The summed E-state index contributed by atoms with van der Waals surface area (Å²) in [7, 11) is 0. The smallest absolute Gasteiger partial charge is 0.165 e. The minimum atomic E-state index is -0.593. The number of benzene rings is 2. The van der Waals surface area contributed by atoms with E-state index >= 15 is 0 Å². The van der Waals surface area contributed by atoms with Gasteiger partial charge in [0, 0.05) is 18.5 Å². The Bertz CT molecular complexity index is 616. The van der Waals surface area contributed by atoms with Gasteiger partial charge in [-0.1, -0.05) is 67.6 Å². The fraction of sp³-hybridized carbons (Fsp3) is 0.381. The molecular weight excluding hydrogens is 314 g/mol. The summed E-state index contributed by atoms with van der Waals surface area (Å²) in [4.78, 5) is 12.5. The van der Waals surface area contributed by atoms with Crippen LogP contribution in [0, 0.1) is 0 Å². The van der Waals surface area contributed by atoms with Gasteiger partial charge in [-0.2, -0.15) is 0 Å². The van der Waals surface area contributed by atoms with E-state index in [1.807, 2.05) is 60.7 Å². The largest absolute Gasteiger partial charge is 0.389 e. The molecule has 25 heavy (non-hydrogen) atoms. The highest BCUT2D eigenvalue weighted by atomic mass is 16.5. The molecule has 2 unspecified atom stereocenters. The van der Waals surface area contributed by atoms with Crippen LogP contribution in [0.3, 0.4) is 0 Å². The van der Waals surface area contributed by atoms with Crippen LogP contribution >= 0.6 is 0 Å². The number of hydrogen-bond donors (Lipinski definition) is 2. The predicted molar refractivity (Wildman–Crippen MR) is 99.7 cm³/mol. The topological polar surface area (TPSA) is 58.6 Å². The summed E-state index contributed by atoms with van der Waals surface area (Å²) in [5.41, 5.74) is 1.62. The first kappa shape index (κ1) is 19.3. The molecule has 2 N–H and O–H groups in total. The van der Waals surface area contributed by atoms with E-state index in [1.165, 1.54) is 0 Å². The van der Waals surface area contributed by atoms with Crippen LogP contribution in [0.25, 0.3) is 0 Å². The Morgan fingerprint density at radius 2 is 1.72 bits per heavy atom. The lowest BCUT2D eigenvalue weighted by atomic mass is 10.00. The van der Waals surface area contributed by atoms with Crippen molar-refractivity contribution in [3.05, 3.63) is 71.8 Å². The summed E-state index contributed by atoms with van der Waals surface area (Å²) in [5.74, 6) is 0.0352. The first-order valence-electron chi connectivity index (χ1n) is 8.84. The van der Waals surface area contributed by atoms with Gasteiger partial charge in [-0.15, -0.1) is 0 Å². The van der Waals surface area contributed by atoms with E-state index in [0.717, 1.165) is 18.5 Å². The number of ether oxygens (including phenoxy) is 1. The van der Waals surface area contributed by atoms with Crippen molar-refractivity contribution in [1.82, 2.24) is 5.32 Å². The van der Waals surface area contributed by atoms with Crippen molar-refractivity contribution in [2.75, 3.05) is 19.7 Å². The highest BCUT2D eigenvalue weighted by molar-refractivity contribution is 5.96. The molecular formula is C21H27NO3. The zero-order chi connectivity index (χ0) is 17.9. The van der Waals surface area contributed by atoms with E-state index in [1.54, 1.807) is 0 Å². The number of carbonyl (C=O) groups is 1. The molecule has 0 heterocycles. The molecule has 0 aromatic heterocycles. The molecule has 0 spiro atoms. The lowest BCUT2D eigenvalue weighted by molar-refractivity contribution is -0.0111. The average Bonchev–Trinajstić information content (AvgIpc) is 2.66. The van der Waals surface area contributed by atoms with E-state index < -0.39 is 6.10 Å². The third-order valence-electron chi connectivity index (χ3n) is 3.93. The lowest BCUT2D eigenvalue weighted by Crippen LogP contribution is -2.31. The minimum Gasteiger partial charge on any atom is -0.389 e. The highest BCUT2D eigenvalue weighted by Gasteiger charge is 2.19. The summed E-state index contributed by atoms with van der Waals surface area (Å²) in [6.07, 6.45) is 0.314. The van der Waals surface area contributed by atoms with Gasteiger partial charge >= 0.3 is 0 Å². The van der Waals surface area contributed by atoms with Crippen molar-refractivity contribution in [3.63, 3.8) is 0 Å². The van der Waals surface area contributed by atoms with E-state index in [2.05, 4.69) is 12.2 Å². The zero-order valence-electron chi connectivity index (χ0n) is 14.7. The number of carbonyl (C=O) groups excluding carboxylic acids is 1. The molecule has 2 aromatic rings. The Balaban J connectivity index is 1.98. The Hall–Kier alpha value is -2.01. The van der Waals surface area contributed by atoms with Crippen molar-refractivity contribution in [3.8, 4) is 0 Å². The monoisotopic (exact) mass is 341 g/mol. The molecule has 0 fully saturated rings. The van der Waals surface area contributed by atoms with Crippen LogP contribution in [0.1, 0.15) is 41.8 Å². The van der Waals surface area contributed by atoms with Crippen molar-refractivity contribution in [2.45, 2.75) is 32.0 Å². The molecule has 0 radical (unpaired) electrons. The van der Waals surface area contributed by atoms with E-state index in [4.69, 9.17) is 4.74 Å². The Morgan fingerprint density at radius 1 is 1.08 bits per heavy atom. The third kappa shape index (κ3) is 6.78. The minimum absolute atomic E-state index is 0.0352. The summed E-state index contributed by atoms with van der Waals surface area (Å²) in [6.45, 7) is 3.63. The Morgan fingerprint density at radius 3 is 2.36 bits per heavy atom. The summed E-state index contributed by atoms with van der Waals surface area (Å²) < 4.78 is 5.90. The normalized spacial score (nSPS) is 13.4. The van der Waals surface area contributed by atoms with Gasteiger partial charge in [-0.05, 0) is 18.5 Å². The number of Topliss-reactive ketones (excluding diaryl/α,β-unsaturated/α-hetero) is 1. The quantitative estimate of drug-likeness (QED) is 0.486. The Kier molecular flexibility index (Phi) is 8.32. The van der Waals surface area contributed by atoms with Crippen molar-refractivity contribution >= 4 is 5.78 Å². The van der Waals surface area contributed by atoms with Gasteiger partial charge in [-0.3, -0.25) is 4.79 Å². The van der Waals surface area contributed by atoms with Gasteiger partial charge in [0.05, 0.1) is 18.8 Å². The molecule has 4 heteroatoms. The molecule has 0 saturated heterocycles. The maximum absolute atomic E-state index is 12.5. The first-order chi connectivity index (χ1) is 12.2. The van der Waals surface area contributed by atoms with Crippen LogP contribution in [-0.4, -0.2) is 36.7 Å². The van der Waals surface area contributed by atoms with Crippen molar-refractivity contribution in [2.24, 2.45) is 0 Å². The van der Waals surface area contributed by atoms with Gasteiger partial charge in [0.2, 0.25) is 0 Å². The number of ketones is 1. The van der Waals surface area contributed by atoms with Gasteiger partial charge in [0.25, 0.3) is 0 Å². The van der Waals surface area contributed by atoms with E-state index in [0.29, 0.717) is 12.1 Å². The number of hydrogen-bond acceptors (Lipinski definition) is 4. The number of aliphatic hydroxyl groups is 1. The SMILES string of the molecule is CCCNCC(O)COC(CC(=O)c1ccccc1)c1ccccc1. The fourth-order valence-corrected chi connectivity index (χ4v) is 2.58. The molecule has 2 atom stereocenters. The number of aliphatic hydroxyl groups excluding tert-OH is 1. The molecule has 0 saturated carbocycles. The van der Waals surface area contributed by atoms with E-state index in [9.17, 15) is 9.90 Å². The third-order valence-corrected chi connectivity index (χ3v) is 3.93. The highest BCUT2D eigenvalue weighted by Crippen LogP contribution is 2.23. The molecule has 4 nitrogen and oxygen atoms in total. The van der Waals surface area contributed by atoms with Crippen molar-refractivity contribution < 1.29 is 14.6 Å². The summed E-state index contributed by atoms with van der Waals surface area (Å²) in [5, 5.41) is 13.2. The standard InChI is InChI=1S/C21H27NO3/c1-2-13-22-15-19(23)16-25-21(18-11-7-4-8-12-18)14-20(24)17-9-5-3-6-10-17/h3-12,19,21-23H,2,13-16H2,1H3. The van der Waals surface area contributed by atoms with Crippen molar-refractivity contribution in [1.29, 1.82) is 0 Å². The number of nitrogens with one attached hydrogen (secondary N) is 1. The second-order valence-electron chi connectivity index (χ2n) is 6.08. The van der Waals surface area contributed by atoms with Gasteiger partial charge in [0.1, 0.15) is 0 Å². The van der Waals surface area contributed by atoms with Crippen LogP contribution < -0.4 is 5.32 Å². The maximum Gasteiger partial charge on any atom is 0.165 e. The first-order valence-corrected chi connectivity index (χ1v) is 8.84. The van der Waals surface area contributed by atoms with Crippen LogP contribution in [0.15, 0.2) is 60.7 Å². The second kappa shape index (κ2) is 10.8. The van der Waals surface area contributed by atoms with Crippen LogP contribution in [0.4, 0.5) is 0 Å². The summed E-state index contributed by atoms with van der Waals surface area (Å²) in [6, 6.07) is 18.9. The van der Waals surface area contributed by atoms with E-state index in [-0.39, 0.29) is 24.9 Å². The molecule has 134 valence electrons. The van der Waals surface area contributed by atoms with Gasteiger partial charge in [-0.25, -0.2) is 0 Å². The molecule has 0 aliphatic rings. The molecule has 2 rings (SSSR count). The predicted octanol–water partition coefficient (Wildman–Crippen LogP) is 3.38.